The van der Waals surface area contributed by atoms with Gasteiger partial charge < -0.3 is 21.7 Å². The van der Waals surface area contributed by atoms with Gasteiger partial charge in [-0.05, 0) is 86.9 Å². The molecule has 0 aromatic heterocycles. The van der Waals surface area contributed by atoms with E-state index in [0.717, 1.165) is 36.8 Å². The van der Waals surface area contributed by atoms with Crippen LogP contribution in [-0.4, -0.2) is 11.6 Å². The summed E-state index contributed by atoms with van der Waals surface area (Å²) in [5.41, 5.74) is 6.88. The molecule has 0 N–H and O–H groups in total. The third-order valence-corrected chi connectivity index (χ3v) is 6.17. The molecule has 4 heteroatoms. The molecule has 0 aliphatic carbocycles. The average molecular weight is 634 g/mol. The van der Waals surface area contributed by atoms with Gasteiger partial charge in [0.25, 0.3) is 0 Å². The molecule has 188 valence electrons. The predicted octanol–water partition coefficient (Wildman–Crippen LogP) is 7.55. The normalized spacial score (nSPS) is 11.8. The fraction of sp³-hybridized carbons (Fsp3) is 0.438. The van der Waals surface area contributed by atoms with E-state index in [4.69, 9.17) is 0 Å². The van der Waals surface area contributed by atoms with Gasteiger partial charge >= 0.3 is 0 Å². The minimum atomic E-state index is 0. The SMILES string of the molecule is CC(C)=[C-]C(=O)CCC(Cc1ccc(C)cc1)C(CCC(=O)[C-]=C(C)C)Cc1ccc(C)cc1.[Y].[Y]. The van der Waals surface area contributed by atoms with Crippen molar-refractivity contribution in [3.8, 4) is 0 Å². The van der Waals surface area contributed by atoms with E-state index < -0.39 is 0 Å². The topological polar surface area (TPSA) is 34.1 Å². The van der Waals surface area contributed by atoms with Gasteiger partial charge in [0, 0.05) is 65.4 Å². The third-order valence-electron chi connectivity index (χ3n) is 6.17. The molecule has 0 aliphatic rings. The van der Waals surface area contributed by atoms with Crippen LogP contribution in [0.25, 0.3) is 0 Å². The van der Waals surface area contributed by atoms with Crippen LogP contribution in [0.1, 0.15) is 75.6 Å². The van der Waals surface area contributed by atoms with Gasteiger partial charge in [-0.15, -0.1) is 0 Å². The molecule has 2 nitrogen and oxygen atoms in total. The first-order valence-electron chi connectivity index (χ1n) is 12.4. The van der Waals surface area contributed by atoms with Gasteiger partial charge in [-0.1, -0.05) is 87.4 Å². The van der Waals surface area contributed by atoms with Crippen LogP contribution in [0.3, 0.4) is 0 Å². The van der Waals surface area contributed by atoms with Crippen LogP contribution in [-0.2, 0) is 87.8 Å². The van der Waals surface area contributed by atoms with Crippen LogP contribution in [0.15, 0.2) is 59.7 Å². The molecule has 2 aromatic carbocycles. The van der Waals surface area contributed by atoms with Gasteiger partial charge in [0.05, 0.1) is 0 Å². The van der Waals surface area contributed by atoms with Gasteiger partial charge in [-0.3, -0.25) is 11.1 Å². The van der Waals surface area contributed by atoms with E-state index >= 15 is 0 Å². The molecule has 0 saturated heterocycles. The average Bonchev–Trinajstić information content (AvgIpc) is 2.76. The molecule has 0 aliphatic heterocycles. The zero-order valence-electron chi connectivity index (χ0n) is 23.0. The molecule has 0 bridgehead atoms. The molecule has 36 heavy (non-hydrogen) atoms. The van der Waals surface area contributed by atoms with E-state index in [9.17, 15) is 9.59 Å². The molecule has 2 aromatic rings. The van der Waals surface area contributed by atoms with Crippen molar-refractivity contribution in [2.24, 2.45) is 11.8 Å². The van der Waals surface area contributed by atoms with Crippen molar-refractivity contribution in [2.75, 3.05) is 0 Å². The Morgan fingerprint density at radius 1 is 0.611 bits per heavy atom. The maximum Gasteiger partial charge on any atom is 0 e. The second kappa shape index (κ2) is 18.7. The van der Waals surface area contributed by atoms with Crippen LogP contribution in [0.4, 0.5) is 0 Å². The first-order valence-corrected chi connectivity index (χ1v) is 12.4. The van der Waals surface area contributed by atoms with Gasteiger partial charge in [0.2, 0.25) is 0 Å². The van der Waals surface area contributed by atoms with E-state index in [0.29, 0.717) is 24.7 Å². The van der Waals surface area contributed by atoms with E-state index in [2.05, 4.69) is 74.5 Å². The quantitative estimate of drug-likeness (QED) is 0.169. The molecule has 2 unspecified atom stereocenters. The number of Topliss-reactive ketones (excluding diaryl/α,β-unsaturated/α-hetero) is 2. The Kier molecular flexibility index (Phi) is 18.4. The maximum atomic E-state index is 12.5. The summed E-state index contributed by atoms with van der Waals surface area (Å²) in [6, 6.07) is 17.4. The van der Waals surface area contributed by atoms with E-state index in [1.165, 1.54) is 22.3 Å². The Labute approximate surface area is 269 Å². The number of hydrogen-bond donors (Lipinski definition) is 0. The second-order valence-corrected chi connectivity index (χ2v) is 10.1. The van der Waals surface area contributed by atoms with Gasteiger partial charge in [-0.25, -0.2) is 0 Å². The Hall–Kier alpha value is -0.532. The maximum absolute atomic E-state index is 12.5. The van der Waals surface area contributed by atoms with Gasteiger partial charge in [-0.2, -0.15) is 0 Å². The summed E-state index contributed by atoms with van der Waals surface area (Å²) >= 11 is 0. The number of ketones is 2. The Balaban J connectivity index is 0.00000612. The fourth-order valence-corrected chi connectivity index (χ4v) is 4.38. The van der Waals surface area contributed by atoms with Crippen LogP contribution in [0.5, 0.6) is 0 Å². The fourth-order valence-electron chi connectivity index (χ4n) is 4.38. The summed E-state index contributed by atoms with van der Waals surface area (Å²) < 4.78 is 0. The number of carbonyl (C=O) groups is 2. The van der Waals surface area contributed by atoms with Crippen molar-refractivity contribution in [1.82, 2.24) is 0 Å². The molecule has 0 fully saturated rings. The number of carbonyl (C=O) groups excluding carboxylic acids is 2. The van der Waals surface area contributed by atoms with Crippen molar-refractivity contribution >= 4 is 11.6 Å². The first-order chi connectivity index (χ1) is 16.1. The van der Waals surface area contributed by atoms with Crippen molar-refractivity contribution in [2.45, 2.75) is 80.1 Å². The van der Waals surface area contributed by atoms with Crippen LogP contribution < -0.4 is 0 Å². The van der Waals surface area contributed by atoms with E-state index in [-0.39, 0.29) is 77.0 Å². The summed E-state index contributed by atoms with van der Waals surface area (Å²) in [4.78, 5) is 24.9. The molecule has 0 heterocycles. The Morgan fingerprint density at radius 3 is 1.19 bits per heavy atom. The van der Waals surface area contributed by atoms with Crippen molar-refractivity contribution in [3.63, 3.8) is 0 Å². The third kappa shape index (κ3) is 14.4. The molecule has 0 saturated carbocycles. The molecule has 0 amide bonds. The smallest absolute Gasteiger partial charge is 0 e. The minimum Gasteiger partial charge on any atom is -0.428 e. The van der Waals surface area contributed by atoms with Crippen molar-refractivity contribution in [3.05, 3.63) is 94.1 Å². The molecular weight excluding hydrogens is 594 g/mol. The van der Waals surface area contributed by atoms with Crippen LogP contribution >= 0.6 is 0 Å². The summed E-state index contributed by atoms with van der Waals surface area (Å²) in [6.07, 6.45) is 10.3. The van der Waals surface area contributed by atoms with Gasteiger partial charge in [0.1, 0.15) is 0 Å². The molecule has 0 spiro atoms. The monoisotopic (exact) mass is 634 g/mol. The zero-order valence-corrected chi connectivity index (χ0v) is 28.7. The van der Waals surface area contributed by atoms with E-state index in [1.54, 1.807) is 0 Å². The summed E-state index contributed by atoms with van der Waals surface area (Å²) in [7, 11) is 0. The van der Waals surface area contributed by atoms with E-state index in [1.807, 2.05) is 27.7 Å². The van der Waals surface area contributed by atoms with Gasteiger partial charge in [0.15, 0.2) is 0 Å². The molecule has 2 radical (unpaired) electrons. The minimum absolute atomic E-state index is 0. The summed E-state index contributed by atoms with van der Waals surface area (Å²) in [6.45, 7) is 11.8. The second-order valence-electron chi connectivity index (χ2n) is 10.1. The largest absolute Gasteiger partial charge is 0.428 e. The summed E-state index contributed by atoms with van der Waals surface area (Å²) in [5.74, 6) is 0.728. The summed E-state index contributed by atoms with van der Waals surface area (Å²) in [5, 5.41) is 0. The Morgan fingerprint density at radius 2 is 0.917 bits per heavy atom. The zero-order chi connectivity index (χ0) is 25.1. The number of allylic oxidation sites excluding steroid dienone is 4. The first kappa shape index (κ1) is 35.5. The van der Waals surface area contributed by atoms with Crippen molar-refractivity contribution < 1.29 is 75.0 Å². The Bertz CT molecular complexity index is 910. The standard InChI is InChI=1S/C32H40O2.2Y/c1-23(2)19-31(33)17-15-29(21-27-11-7-25(5)8-12-27)30(16-18-32(34)20-24(3)4)22-28-13-9-26(6)10-14-28;;/h7-14,29-30H,15-18,21-22H2,1-6H3;;/q-2;;. The number of benzene rings is 2. The predicted molar refractivity (Wildman–Crippen MR) is 141 cm³/mol. The molecular formula is C32H40O2Y2-2. The number of rotatable bonds is 13. The number of aryl methyl sites for hydroxylation is 2. The molecule has 2 atom stereocenters. The molecule has 2 rings (SSSR count). The van der Waals surface area contributed by atoms with Crippen LogP contribution in [0.2, 0.25) is 0 Å². The number of hydrogen-bond acceptors (Lipinski definition) is 2. The van der Waals surface area contributed by atoms with Crippen LogP contribution in [0, 0.1) is 37.8 Å². The van der Waals surface area contributed by atoms with Crippen molar-refractivity contribution in [1.29, 1.82) is 0 Å².